The van der Waals surface area contributed by atoms with E-state index in [1.54, 1.807) is 0 Å². The molecule has 3 aliphatic carbocycles. The number of ether oxygens (including phenoxy) is 2. The van der Waals surface area contributed by atoms with Crippen molar-refractivity contribution in [1.29, 1.82) is 0 Å². The zero-order valence-corrected chi connectivity index (χ0v) is 19.7. The number of fused-ring (bicyclic) bond motifs is 2. The molecule has 194 valence electrons. The summed E-state index contributed by atoms with van der Waals surface area (Å²) >= 11 is 5.79. The lowest BCUT2D eigenvalue weighted by molar-refractivity contribution is -0.325. The fourth-order valence-corrected chi connectivity index (χ4v) is 6.13. The molecule has 2 N–H and O–H groups in total. The van der Waals surface area contributed by atoms with Crippen LogP contribution in [0.4, 0.5) is 17.6 Å². The lowest BCUT2D eigenvalue weighted by Gasteiger charge is -2.70. The summed E-state index contributed by atoms with van der Waals surface area (Å²) in [6, 6.07) is 2.39. The van der Waals surface area contributed by atoms with Gasteiger partial charge in [-0.3, -0.25) is 19.1 Å². The Kier molecular flexibility index (Phi) is 5.35. The molecule has 0 unspecified atom stereocenters. The number of nitrogens with zero attached hydrogens (tertiary/aromatic N) is 3. The van der Waals surface area contributed by atoms with E-state index >= 15 is 0 Å². The smallest absolute Gasteiger partial charge is 0.480 e. The topological polar surface area (TPSA) is 88.9 Å². The standard InChI is InChI=1S/C23H23ClF4N4O4/c24-14-3-13-17(33)5-19(36-18(13)4-15(14)25)20(34)29-21-9-22(10-21,11-21)32-7-12-6-31(8-16(12)30-32)1-2-35-23(26,27)28/h3-4,7,17,19,33H,1-2,5-6,8-11H2,(H,29,34)/t17-,19-,21?,22?/m1/s1. The second-order valence-electron chi connectivity index (χ2n) is 10.2. The van der Waals surface area contributed by atoms with E-state index in [4.69, 9.17) is 16.3 Å². The molecule has 2 aromatic rings. The van der Waals surface area contributed by atoms with Crippen LogP contribution in [0.15, 0.2) is 18.3 Å². The third-order valence-corrected chi connectivity index (χ3v) is 7.89. The van der Waals surface area contributed by atoms with Gasteiger partial charge in [0, 0.05) is 55.0 Å². The van der Waals surface area contributed by atoms with Gasteiger partial charge in [-0.2, -0.15) is 5.10 Å². The first-order chi connectivity index (χ1) is 16.9. The summed E-state index contributed by atoms with van der Waals surface area (Å²) in [7, 11) is 0. The molecule has 3 heterocycles. The molecule has 3 saturated carbocycles. The van der Waals surface area contributed by atoms with Crippen molar-refractivity contribution in [2.24, 2.45) is 0 Å². The monoisotopic (exact) mass is 530 g/mol. The Labute approximate surface area is 208 Å². The molecule has 0 spiro atoms. The Hall–Kier alpha value is -2.41. The van der Waals surface area contributed by atoms with E-state index in [2.05, 4.69) is 15.2 Å². The lowest BCUT2D eigenvalue weighted by atomic mass is 9.44. The van der Waals surface area contributed by atoms with E-state index < -0.39 is 31.0 Å². The van der Waals surface area contributed by atoms with Gasteiger partial charge in [-0.05, 0) is 25.3 Å². The minimum atomic E-state index is -4.63. The minimum absolute atomic E-state index is 0.0401. The van der Waals surface area contributed by atoms with Crippen molar-refractivity contribution in [2.75, 3.05) is 13.2 Å². The van der Waals surface area contributed by atoms with E-state index in [1.165, 1.54) is 6.07 Å². The van der Waals surface area contributed by atoms with Crippen LogP contribution in [-0.2, 0) is 28.2 Å². The number of aromatic nitrogens is 2. The van der Waals surface area contributed by atoms with Gasteiger partial charge in [-0.25, -0.2) is 4.39 Å². The van der Waals surface area contributed by atoms with Crippen LogP contribution < -0.4 is 10.1 Å². The van der Waals surface area contributed by atoms with Gasteiger partial charge in [-0.15, -0.1) is 13.2 Å². The summed E-state index contributed by atoms with van der Waals surface area (Å²) in [5, 5.41) is 18.0. The molecule has 2 aliphatic heterocycles. The second kappa shape index (κ2) is 8.04. The van der Waals surface area contributed by atoms with Crippen LogP contribution in [0.1, 0.15) is 48.6 Å². The summed E-state index contributed by atoms with van der Waals surface area (Å²) in [5.74, 6) is -0.938. The van der Waals surface area contributed by atoms with Gasteiger partial charge in [0.2, 0.25) is 0 Å². The molecule has 36 heavy (non-hydrogen) atoms. The first kappa shape index (κ1) is 24.0. The quantitative estimate of drug-likeness (QED) is 0.558. The van der Waals surface area contributed by atoms with Crippen molar-refractivity contribution in [1.82, 2.24) is 20.0 Å². The fourth-order valence-electron chi connectivity index (χ4n) is 5.96. The molecule has 0 saturated heterocycles. The highest BCUT2D eigenvalue weighted by molar-refractivity contribution is 6.30. The fraction of sp³-hybridized carbons (Fsp3) is 0.565. The van der Waals surface area contributed by atoms with Crippen molar-refractivity contribution in [3.63, 3.8) is 0 Å². The number of carbonyl (C=O) groups excluding carboxylic acids is 1. The van der Waals surface area contributed by atoms with Gasteiger partial charge >= 0.3 is 6.36 Å². The Morgan fingerprint density at radius 3 is 2.75 bits per heavy atom. The van der Waals surface area contributed by atoms with Crippen LogP contribution in [0.5, 0.6) is 5.75 Å². The summed E-state index contributed by atoms with van der Waals surface area (Å²) in [6.45, 7) is 0.730. The molecule has 1 aromatic heterocycles. The molecule has 2 bridgehead atoms. The van der Waals surface area contributed by atoms with Gasteiger partial charge in [0.15, 0.2) is 6.10 Å². The molecular formula is C23H23ClF4N4O4. The number of hydrogen-bond donors (Lipinski definition) is 2. The third kappa shape index (κ3) is 4.04. The molecular weight excluding hydrogens is 508 g/mol. The summed E-state index contributed by atoms with van der Waals surface area (Å²) < 4.78 is 61.8. The molecule has 13 heteroatoms. The van der Waals surface area contributed by atoms with Crippen LogP contribution in [0.3, 0.4) is 0 Å². The maximum atomic E-state index is 13.8. The van der Waals surface area contributed by atoms with Crippen LogP contribution in [0.25, 0.3) is 0 Å². The van der Waals surface area contributed by atoms with Gasteiger partial charge in [0.25, 0.3) is 5.91 Å². The Morgan fingerprint density at radius 1 is 1.31 bits per heavy atom. The molecule has 0 radical (unpaired) electrons. The van der Waals surface area contributed by atoms with Crippen molar-refractivity contribution in [2.45, 2.75) is 68.4 Å². The van der Waals surface area contributed by atoms with Crippen LogP contribution in [0, 0.1) is 5.82 Å². The first-order valence-electron chi connectivity index (χ1n) is 11.6. The number of halogens is 5. The largest absolute Gasteiger partial charge is 0.522 e. The van der Waals surface area contributed by atoms with E-state index in [9.17, 15) is 27.5 Å². The maximum Gasteiger partial charge on any atom is 0.522 e. The Morgan fingerprint density at radius 2 is 2.06 bits per heavy atom. The third-order valence-electron chi connectivity index (χ3n) is 7.61. The van der Waals surface area contributed by atoms with Gasteiger partial charge in [-0.1, -0.05) is 11.6 Å². The highest BCUT2D eigenvalue weighted by Crippen LogP contribution is 2.65. The van der Waals surface area contributed by atoms with Crippen LogP contribution >= 0.6 is 11.6 Å². The highest BCUT2D eigenvalue weighted by Gasteiger charge is 2.70. The Bertz CT molecular complexity index is 1190. The van der Waals surface area contributed by atoms with Crippen molar-refractivity contribution < 1.29 is 36.9 Å². The predicted molar refractivity (Wildman–Crippen MR) is 116 cm³/mol. The minimum Gasteiger partial charge on any atom is -0.480 e. The number of rotatable bonds is 6. The van der Waals surface area contributed by atoms with Crippen LogP contribution in [0.2, 0.25) is 5.02 Å². The first-order valence-corrected chi connectivity index (χ1v) is 12.0. The normalized spacial score (nSPS) is 30.6. The number of aliphatic hydroxyl groups is 1. The predicted octanol–water partition coefficient (Wildman–Crippen LogP) is 3.16. The van der Waals surface area contributed by atoms with E-state index in [-0.39, 0.29) is 40.7 Å². The van der Waals surface area contributed by atoms with Crippen molar-refractivity contribution >= 4 is 17.5 Å². The van der Waals surface area contributed by atoms with Gasteiger partial charge in [0.05, 0.1) is 29.0 Å². The molecule has 8 nitrogen and oxygen atoms in total. The van der Waals surface area contributed by atoms with Gasteiger partial charge < -0.3 is 15.2 Å². The lowest BCUT2D eigenvalue weighted by Crippen LogP contribution is -2.79. The van der Waals surface area contributed by atoms with Crippen molar-refractivity contribution in [3.05, 3.63) is 46.0 Å². The highest BCUT2D eigenvalue weighted by atomic mass is 35.5. The molecule has 1 amide bonds. The number of hydrogen-bond acceptors (Lipinski definition) is 6. The number of aliphatic hydroxyl groups excluding tert-OH is 1. The van der Waals surface area contributed by atoms with E-state index in [0.717, 1.165) is 17.3 Å². The molecule has 5 aliphatic rings. The average Bonchev–Trinajstić information content (AvgIpc) is 3.28. The van der Waals surface area contributed by atoms with E-state index in [0.29, 0.717) is 37.9 Å². The Balaban J connectivity index is 1.02. The zero-order chi connectivity index (χ0) is 25.5. The summed E-state index contributed by atoms with van der Waals surface area (Å²) in [5.41, 5.74) is 1.64. The number of carbonyl (C=O) groups is 1. The number of benzene rings is 1. The average molecular weight is 531 g/mol. The second-order valence-corrected chi connectivity index (χ2v) is 10.6. The number of alkyl halides is 3. The molecule has 1 aromatic carbocycles. The molecule has 7 rings (SSSR count). The number of amides is 1. The van der Waals surface area contributed by atoms with E-state index in [1.807, 2.05) is 15.8 Å². The van der Waals surface area contributed by atoms with Gasteiger partial charge in [0.1, 0.15) is 11.6 Å². The summed E-state index contributed by atoms with van der Waals surface area (Å²) in [6.07, 6.45) is -2.48. The zero-order valence-electron chi connectivity index (χ0n) is 18.9. The van der Waals surface area contributed by atoms with Crippen molar-refractivity contribution in [3.8, 4) is 5.75 Å². The maximum absolute atomic E-state index is 13.8. The summed E-state index contributed by atoms with van der Waals surface area (Å²) in [4.78, 5) is 14.8. The molecule has 3 fully saturated rings. The molecule has 2 atom stereocenters. The SMILES string of the molecule is O=C(NC12CC(n3cc4c(n3)CN(CCOC(F)(F)F)C4)(C1)C2)[C@H]1C[C@@H](O)c2cc(Cl)c(F)cc2O1. The number of nitrogens with one attached hydrogen (secondary N) is 1. The van der Waals surface area contributed by atoms with Crippen LogP contribution in [-0.4, -0.2) is 56.9 Å².